The Morgan fingerprint density at radius 2 is 1.79 bits per heavy atom. The van der Waals surface area contributed by atoms with Crippen LogP contribution in [0.25, 0.3) is 0 Å². The molecule has 0 radical (unpaired) electrons. The van der Waals surface area contributed by atoms with Crippen molar-refractivity contribution in [3.63, 3.8) is 0 Å². The Balaban J connectivity index is 2.18. The molecule has 0 unspecified atom stereocenters. The third-order valence-corrected chi connectivity index (χ3v) is 5.29. The number of benzene rings is 1. The van der Waals surface area contributed by atoms with E-state index in [2.05, 4.69) is 20.7 Å². The Morgan fingerprint density at radius 3 is 2.42 bits per heavy atom. The molecule has 7 heteroatoms. The maximum absolute atomic E-state index is 12.3. The second-order valence-corrected chi connectivity index (χ2v) is 7.08. The minimum Gasteiger partial charge on any atom is -0.505 e. The second-order valence-electron chi connectivity index (χ2n) is 4.56. The first-order valence-corrected chi connectivity index (χ1v) is 8.49. The van der Waals surface area contributed by atoms with Gasteiger partial charge in [-0.2, -0.15) is 12.7 Å². The fraction of sp³-hybridized carbons (Fsp3) is 0.500. The maximum Gasteiger partial charge on any atom is 0.301 e. The number of nitrogens with zero attached hydrogens (tertiary/aromatic N) is 1. The Labute approximate surface area is 121 Å². The van der Waals surface area contributed by atoms with Crippen molar-refractivity contribution in [3.05, 3.63) is 22.7 Å². The largest absolute Gasteiger partial charge is 0.505 e. The van der Waals surface area contributed by atoms with E-state index in [9.17, 15) is 13.5 Å². The molecule has 19 heavy (non-hydrogen) atoms. The predicted molar refractivity (Wildman–Crippen MR) is 78.4 cm³/mol. The number of anilines is 1. The number of para-hydroxylation sites is 1. The summed E-state index contributed by atoms with van der Waals surface area (Å²) in [5.74, 6) is -0.0964. The van der Waals surface area contributed by atoms with E-state index in [0.29, 0.717) is 17.6 Å². The fourth-order valence-electron chi connectivity index (χ4n) is 2.08. The van der Waals surface area contributed by atoms with Gasteiger partial charge in [0.15, 0.2) is 5.75 Å². The SMILES string of the molecule is O=S(=O)(Nc1cccc(Br)c1O)N1CCCCCC1. The monoisotopic (exact) mass is 348 g/mol. The number of nitrogens with one attached hydrogen (secondary N) is 1. The zero-order chi connectivity index (χ0) is 13.9. The van der Waals surface area contributed by atoms with Gasteiger partial charge >= 0.3 is 10.2 Å². The van der Waals surface area contributed by atoms with Gasteiger partial charge in [0.1, 0.15) is 0 Å². The Kier molecular flexibility index (Phi) is 4.70. The highest BCUT2D eigenvalue weighted by atomic mass is 79.9. The molecule has 1 fully saturated rings. The van der Waals surface area contributed by atoms with Gasteiger partial charge in [-0.25, -0.2) is 0 Å². The Morgan fingerprint density at radius 1 is 1.16 bits per heavy atom. The van der Waals surface area contributed by atoms with E-state index >= 15 is 0 Å². The van der Waals surface area contributed by atoms with Crippen molar-refractivity contribution >= 4 is 31.8 Å². The molecule has 0 bridgehead atoms. The molecule has 106 valence electrons. The van der Waals surface area contributed by atoms with E-state index in [1.54, 1.807) is 12.1 Å². The number of phenols is 1. The van der Waals surface area contributed by atoms with Crippen molar-refractivity contribution in [3.8, 4) is 5.75 Å². The molecular formula is C12H17BrN2O3S. The van der Waals surface area contributed by atoms with Crippen LogP contribution in [0.1, 0.15) is 25.7 Å². The van der Waals surface area contributed by atoms with Crippen LogP contribution in [0, 0.1) is 0 Å². The highest BCUT2D eigenvalue weighted by molar-refractivity contribution is 9.10. The van der Waals surface area contributed by atoms with Crippen molar-refractivity contribution in [1.29, 1.82) is 0 Å². The van der Waals surface area contributed by atoms with Crippen LogP contribution in [0.15, 0.2) is 22.7 Å². The number of halogens is 1. The summed E-state index contributed by atoms with van der Waals surface area (Å²) in [6, 6.07) is 4.86. The van der Waals surface area contributed by atoms with Gasteiger partial charge in [0.05, 0.1) is 10.2 Å². The van der Waals surface area contributed by atoms with Crippen LogP contribution in [0.2, 0.25) is 0 Å². The molecule has 1 aromatic rings. The van der Waals surface area contributed by atoms with Gasteiger partial charge in [0.2, 0.25) is 0 Å². The molecule has 0 aliphatic carbocycles. The van der Waals surface area contributed by atoms with Crippen LogP contribution < -0.4 is 4.72 Å². The summed E-state index contributed by atoms with van der Waals surface area (Å²) in [6.07, 6.45) is 3.89. The third-order valence-electron chi connectivity index (χ3n) is 3.13. The molecule has 1 aliphatic heterocycles. The summed E-state index contributed by atoms with van der Waals surface area (Å²) >= 11 is 3.16. The Hall–Kier alpha value is -0.790. The molecule has 0 saturated carbocycles. The first kappa shape index (κ1) is 14.6. The highest BCUT2D eigenvalue weighted by Gasteiger charge is 2.23. The van der Waals surface area contributed by atoms with E-state index in [0.717, 1.165) is 25.7 Å². The van der Waals surface area contributed by atoms with E-state index in [-0.39, 0.29) is 11.4 Å². The quantitative estimate of drug-likeness (QED) is 0.825. The van der Waals surface area contributed by atoms with E-state index in [4.69, 9.17) is 0 Å². The lowest BCUT2D eigenvalue weighted by molar-refractivity contribution is 0.427. The van der Waals surface area contributed by atoms with Gasteiger partial charge < -0.3 is 5.11 Å². The van der Waals surface area contributed by atoms with Crippen molar-refractivity contribution < 1.29 is 13.5 Å². The first-order valence-electron chi connectivity index (χ1n) is 6.26. The van der Waals surface area contributed by atoms with Crippen LogP contribution in [0.4, 0.5) is 5.69 Å². The van der Waals surface area contributed by atoms with Crippen LogP contribution in [0.5, 0.6) is 5.75 Å². The lowest BCUT2D eigenvalue weighted by Gasteiger charge is -2.21. The van der Waals surface area contributed by atoms with Gasteiger partial charge in [-0.05, 0) is 40.9 Å². The molecule has 0 atom stereocenters. The summed E-state index contributed by atoms with van der Waals surface area (Å²) in [5.41, 5.74) is 0.193. The minimum atomic E-state index is -3.60. The van der Waals surface area contributed by atoms with Gasteiger partial charge in [-0.3, -0.25) is 4.72 Å². The molecule has 1 heterocycles. The number of phenolic OH excluding ortho intramolecular Hbond substituents is 1. The van der Waals surface area contributed by atoms with Crippen molar-refractivity contribution in [2.75, 3.05) is 17.8 Å². The molecule has 1 aliphatic rings. The van der Waals surface area contributed by atoms with Gasteiger partial charge in [0, 0.05) is 13.1 Å². The van der Waals surface area contributed by atoms with E-state index < -0.39 is 10.2 Å². The summed E-state index contributed by atoms with van der Waals surface area (Å²) in [4.78, 5) is 0. The van der Waals surface area contributed by atoms with Crippen molar-refractivity contribution in [2.45, 2.75) is 25.7 Å². The summed E-state index contributed by atoms with van der Waals surface area (Å²) < 4.78 is 28.9. The van der Waals surface area contributed by atoms with E-state index in [1.165, 1.54) is 10.4 Å². The van der Waals surface area contributed by atoms with Crippen LogP contribution in [-0.2, 0) is 10.2 Å². The van der Waals surface area contributed by atoms with Gasteiger partial charge in [-0.1, -0.05) is 18.9 Å². The lowest BCUT2D eigenvalue weighted by Crippen LogP contribution is -2.36. The lowest BCUT2D eigenvalue weighted by atomic mass is 10.2. The summed E-state index contributed by atoms with van der Waals surface area (Å²) in [7, 11) is -3.60. The van der Waals surface area contributed by atoms with Crippen LogP contribution in [-0.4, -0.2) is 30.9 Å². The average molecular weight is 349 g/mol. The molecule has 0 amide bonds. The maximum atomic E-state index is 12.3. The topological polar surface area (TPSA) is 69.6 Å². The zero-order valence-corrected chi connectivity index (χ0v) is 12.9. The summed E-state index contributed by atoms with van der Waals surface area (Å²) in [5, 5.41) is 9.82. The fourth-order valence-corrected chi connectivity index (χ4v) is 3.76. The molecule has 1 aromatic carbocycles. The van der Waals surface area contributed by atoms with Crippen molar-refractivity contribution in [1.82, 2.24) is 4.31 Å². The second kappa shape index (κ2) is 6.11. The zero-order valence-electron chi connectivity index (χ0n) is 10.5. The average Bonchev–Trinajstić information content (AvgIpc) is 2.64. The minimum absolute atomic E-state index is 0.0964. The van der Waals surface area contributed by atoms with Crippen LogP contribution in [0.3, 0.4) is 0 Å². The molecule has 1 saturated heterocycles. The smallest absolute Gasteiger partial charge is 0.301 e. The van der Waals surface area contributed by atoms with Gasteiger partial charge in [0.25, 0.3) is 0 Å². The first-order chi connectivity index (χ1) is 9.00. The molecule has 0 spiro atoms. The number of hydrogen-bond donors (Lipinski definition) is 2. The molecule has 2 rings (SSSR count). The number of hydrogen-bond acceptors (Lipinski definition) is 3. The molecule has 5 nitrogen and oxygen atoms in total. The van der Waals surface area contributed by atoms with Gasteiger partial charge in [-0.15, -0.1) is 0 Å². The molecule has 2 N–H and O–H groups in total. The normalized spacial score (nSPS) is 17.9. The standard InChI is InChI=1S/C12H17BrN2O3S/c13-10-6-5-7-11(12(10)16)14-19(17,18)15-8-3-1-2-4-9-15/h5-7,14,16H,1-4,8-9H2. The number of rotatable bonds is 3. The summed E-state index contributed by atoms with van der Waals surface area (Å²) in [6.45, 7) is 1.06. The predicted octanol–water partition coefficient (Wildman–Crippen LogP) is 2.69. The van der Waals surface area contributed by atoms with E-state index in [1.807, 2.05) is 0 Å². The number of aromatic hydroxyl groups is 1. The highest BCUT2D eigenvalue weighted by Crippen LogP contribution is 2.32. The van der Waals surface area contributed by atoms with Crippen LogP contribution >= 0.6 is 15.9 Å². The molecule has 0 aromatic heterocycles. The Bertz CT molecular complexity index is 540. The third kappa shape index (κ3) is 3.61. The van der Waals surface area contributed by atoms with Crippen molar-refractivity contribution in [2.24, 2.45) is 0 Å². The molecular weight excluding hydrogens is 332 g/mol.